The van der Waals surface area contributed by atoms with E-state index in [1.165, 1.54) is 0 Å². The van der Waals surface area contributed by atoms with E-state index in [9.17, 15) is 0 Å². The molecule has 4 heteroatoms. The summed E-state index contributed by atoms with van der Waals surface area (Å²) in [5.41, 5.74) is 6.75. The van der Waals surface area contributed by atoms with Crippen molar-refractivity contribution in [2.45, 2.75) is 9.79 Å². The van der Waals surface area contributed by atoms with Gasteiger partial charge in [0.1, 0.15) is 0 Å². The van der Waals surface area contributed by atoms with Crippen LogP contribution in [0.5, 0.6) is 0 Å². The van der Waals surface area contributed by atoms with Crippen molar-refractivity contribution < 1.29 is 0 Å². The Morgan fingerprint density at radius 3 is 2.62 bits per heavy atom. The summed E-state index contributed by atoms with van der Waals surface area (Å²) in [4.78, 5) is 2.16. The third kappa shape index (κ3) is 3.06. The number of hydrogen-bond donors (Lipinski definition) is 1. The molecule has 16 heavy (non-hydrogen) atoms. The van der Waals surface area contributed by atoms with Crippen LogP contribution >= 0.6 is 46.0 Å². The minimum Gasteiger partial charge on any atom is -0.398 e. The predicted octanol–water partition coefficient (Wildman–Crippen LogP) is 4.68. The van der Waals surface area contributed by atoms with Gasteiger partial charge in [0.05, 0.1) is 0 Å². The van der Waals surface area contributed by atoms with Gasteiger partial charge in [0.15, 0.2) is 0 Å². The summed E-state index contributed by atoms with van der Waals surface area (Å²) < 4.78 is 1.14. The maximum atomic E-state index is 5.95. The molecule has 0 aromatic heterocycles. The zero-order valence-corrected chi connectivity index (χ0v) is 12.0. The topological polar surface area (TPSA) is 26.0 Å². The lowest BCUT2D eigenvalue weighted by Crippen LogP contribution is -1.88. The van der Waals surface area contributed by atoms with Crippen molar-refractivity contribution in [3.63, 3.8) is 0 Å². The lowest BCUT2D eigenvalue weighted by Gasteiger charge is -2.06. The molecule has 0 aliphatic rings. The molecule has 0 atom stereocenters. The fourth-order valence-electron chi connectivity index (χ4n) is 1.27. The molecule has 0 spiro atoms. The highest BCUT2D eigenvalue weighted by molar-refractivity contribution is 14.1. The largest absolute Gasteiger partial charge is 0.398 e. The van der Waals surface area contributed by atoms with E-state index in [0.717, 1.165) is 24.1 Å². The summed E-state index contributed by atoms with van der Waals surface area (Å²) in [6, 6.07) is 13.8. The Labute approximate surface area is 118 Å². The van der Waals surface area contributed by atoms with Crippen LogP contribution in [0.1, 0.15) is 0 Å². The van der Waals surface area contributed by atoms with E-state index >= 15 is 0 Å². The van der Waals surface area contributed by atoms with Gasteiger partial charge in [-0.3, -0.25) is 0 Å². The molecule has 0 radical (unpaired) electrons. The van der Waals surface area contributed by atoms with E-state index in [1.54, 1.807) is 11.8 Å². The Bertz CT molecular complexity index is 516. The fraction of sp³-hybridized carbons (Fsp3) is 0. The Balaban J connectivity index is 2.27. The maximum Gasteiger partial charge on any atom is 0.0466 e. The summed E-state index contributed by atoms with van der Waals surface area (Å²) >= 11 is 9.80. The molecular formula is C12H9ClINS. The van der Waals surface area contributed by atoms with E-state index < -0.39 is 0 Å². The van der Waals surface area contributed by atoms with Gasteiger partial charge in [0.25, 0.3) is 0 Å². The standard InChI is InChI=1S/C12H9ClINS/c13-8-2-1-3-10(6-8)16-12-5-4-9(14)7-11(12)15/h1-7H,15H2. The van der Waals surface area contributed by atoms with Crippen LogP contribution in [-0.4, -0.2) is 0 Å². The van der Waals surface area contributed by atoms with Gasteiger partial charge in [-0.1, -0.05) is 29.4 Å². The number of anilines is 1. The first-order chi connectivity index (χ1) is 7.65. The second-order valence-corrected chi connectivity index (χ2v) is 6.04. The van der Waals surface area contributed by atoms with Crippen molar-refractivity contribution >= 4 is 51.6 Å². The number of nitrogen functional groups attached to an aromatic ring is 1. The minimum atomic E-state index is 0.745. The van der Waals surface area contributed by atoms with E-state index in [1.807, 2.05) is 42.5 Å². The molecule has 0 fully saturated rings. The van der Waals surface area contributed by atoms with Gasteiger partial charge >= 0.3 is 0 Å². The van der Waals surface area contributed by atoms with Gasteiger partial charge in [-0.15, -0.1) is 0 Å². The average Bonchev–Trinajstić information content (AvgIpc) is 2.22. The molecule has 0 amide bonds. The molecule has 0 aliphatic carbocycles. The van der Waals surface area contributed by atoms with Gasteiger partial charge in [-0.25, -0.2) is 0 Å². The first-order valence-corrected chi connectivity index (χ1v) is 6.91. The Morgan fingerprint density at radius 2 is 1.94 bits per heavy atom. The highest BCUT2D eigenvalue weighted by Crippen LogP contribution is 2.33. The van der Waals surface area contributed by atoms with Crippen molar-refractivity contribution in [2.24, 2.45) is 0 Å². The molecule has 2 rings (SSSR count). The van der Waals surface area contributed by atoms with Crippen molar-refractivity contribution in [1.29, 1.82) is 0 Å². The van der Waals surface area contributed by atoms with Crippen molar-refractivity contribution in [3.05, 3.63) is 51.1 Å². The van der Waals surface area contributed by atoms with Crippen LogP contribution in [0, 0.1) is 3.57 Å². The van der Waals surface area contributed by atoms with Gasteiger partial charge < -0.3 is 5.73 Å². The summed E-state index contributed by atoms with van der Waals surface area (Å²) in [5.74, 6) is 0. The third-order valence-corrected chi connectivity index (χ3v) is 3.98. The second kappa shape index (κ2) is 5.29. The molecule has 0 aliphatic heterocycles. The molecule has 82 valence electrons. The molecule has 2 aromatic rings. The van der Waals surface area contributed by atoms with Crippen LogP contribution < -0.4 is 5.73 Å². The zero-order valence-electron chi connectivity index (χ0n) is 8.28. The first kappa shape index (κ1) is 12.1. The number of halogens is 2. The quantitative estimate of drug-likeness (QED) is 0.621. The lowest BCUT2D eigenvalue weighted by atomic mass is 10.3. The van der Waals surface area contributed by atoms with Crippen LogP contribution in [0.3, 0.4) is 0 Å². The van der Waals surface area contributed by atoms with Crippen molar-refractivity contribution in [3.8, 4) is 0 Å². The van der Waals surface area contributed by atoms with Gasteiger partial charge in [-0.05, 0) is 59.0 Å². The van der Waals surface area contributed by atoms with Crippen LogP contribution in [0.15, 0.2) is 52.3 Å². The van der Waals surface area contributed by atoms with E-state index in [0.29, 0.717) is 0 Å². The van der Waals surface area contributed by atoms with E-state index in [4.69, 9.17) is 17.3 Å². The summed E-state index contributed by atoms with van der Waals surface area (Å²) in [7, 11) is 0. The average molecular weight is 362 g/mol. The molecule has 2 aromatic carbocycles. The van der Waals surface area contributed by atoms with Crippen LogP contribution in [0.2, 0.25) is 5.02 Å². The summed E-state index contributed by atoms with van der Waals surface area (Å²) in [6.45, 7) is 0. The van der Waals surface area contributed by atoms with Gasteiger partial charge in [-0.2, -0.15) is 0 Å². The molecule has 0 unspecified atom stereocenters. The SMILES string of the molecule is Nc1cc(I)ccc1Sc1cccc(Cl)c1. The molecule has 0 bridgehead atoms. The van der Waals surface area contributed by atoms with Crippen LogP contribution in [0.4, 0.5) is 5.69 Å². The molecule has 0 saturated carbocycles. The normalized spacial score (nSPS) is 10.4. The highest BCUT2D eigenvalue weighted by Gasteiger charge is 2.02. The van der Waals surface area contributed by atoms with Gasteiger partial charge in [0, 0.05) is 24.1 Å². The Hall–Kier alpha value is -0.390. The van der Waals surface area contributed by atoms with Crippen LogP contribution in [-0.2, 0) is 0 Å². The fourth-order valence-corrected chi connectivity index (χ4v) is 2.94. The molecule has 0 heterocycles. The van der Waals surface area contributed by atoms with Crippen molar-refractivity contribution in [2.75, 3.05) is 5.73 Å². The van der Waals surface area contributed by atoms with Gasteiger partial charge in [0.2, 0.25) is 0 Å². The number of benzene rings is 2. The number of nitrogens with two attached hydrogens (primary N) is 1. The van der Waals surface area contributed by atoms with E-state index in [-0.39, 0.29) is 0 Å². The monoisotopic (exact) mass is 361 g/mol. The smallest absolute Gasteiger partial charge is 0.0466 e. The molecule has 0 saturated heterocycles. The summed E-state index contributed by atoms with van der Waals surface area (Å²) in [5, 5.41) is 0.745. The highest BCUT2D eigenvalue weighted by atomic mass is 127. The summed E-state index contributed by atoms with van der Waals surface area (Å²) in [6.07, 6.45) is 0. The Kier molecular flexibility index (Phi) is 4.00. The zero-order chi connectivity index (χ0) is 11.5. The third-order valence-electron chi connectivity index (χ3n) is 2.00. The van der Waals surface area contributed by atoms with Crippen LogP contribution in [0.25, 0.3) is 0 Å². The minimum absolute atomic E-state index is 0.745. The Morgan fingerprint density at radius 1 is 1.12 bits per heavy atom. The maximum absolute atomic E-state index is 5.95. The first-order valence-electron chi connectivity index (χ1n) is 4.63. The lowest BCUT2D eigenvalue weighted by molar-refractivity contribution is 1.40. The number of rotatable bonds is 2. The molecule has 2 N–H and O–H groups in total. The van der Waals surface area contributed by atoms with Crippen molar-refractivity contribution in [1.82, 2.24) is 0 Å². The number of hydrogen-bond acceptors (Lipinski definition) is 2. The molecule has 1 nitrogen and oxygen atoms in total. The van der Waals surface area contributed by atoms with E-state index in [2.05, 4.69) is 22.6 Å². The molecular weight excluding hydrogens is 353 g/mol. The second-order valence-electron chi connectivity index (χ2n) is 3.24. The predicted molar refractivity (Wildman–Crippen MR) is 79.1 cm³/mol.